The van der Waals surface area contributed by atoms with E-state index in [0.717, 1.165) is 44.1 Å². The largest absolute Gasteiger partial charge is 0.276 e. The van der Waals surface area contributed by atoms with Crippen LogP contribution in [0.25, 0.3) is 43.9 Å². The number of pyridine rings is 1. The molecular formula is C33H22N4O. The summed E-state index contributed by atoms with van der Waals surface area (Å²) >= 11 is 0. The van der Waals surface area contributed by atoms with Gasteiger partial charge < -0.3 is 0 Å². The summed E-state index contributed by atoms with van der Waals surface area (Å²) < 4.78 is 1.75. The number of anilines is 1. The summed E-state index contributed by atoms with van der Waals surface area (Å²) in [6, 6.07) is 38.9. The fourth-order valence-electron chi connectivity index (χ4n) is 5.84. The molecule has 2 aromatic heterocycles. The van der Waals surface area contributed by atoms with Gasteiger partial charge in [-0.3, -0.25) is 14.2 Å². The minimum Gasteiger partial charge on any atom is -0.276 e. The van der Waals surface area contributed by atoms with Gasteiger partial charge in [-0.2, -0.15) is 0 Å². The first-order valence-electron chi connectivity index (χ1n) is 12.7. The van der Waals surface area contributed by atoms with Gasteiger partial charge in [-0.05, 0) is 47.4 Å². The van der Waals surface area contributed by atoms with Gasteiger partial charge >= 0.3 is 0 Å². The third-order valence-electron chi connectivity index (χ3n) is 7.56. The standard InChI is InChI=1S/C33H22N4O/c38-33-26-19-18-23(24-14-9-15-25(31(24)26)32-34-27-16-7-8-17-29(27)36(32)33)30-20-28(21-10-3-1-4-11-21)35-37(30)22-12-5-2-6-13-22/h1-20,28,35H/t28-/m0/s1. The minimum absolute atomic E-state index is 0.0167. The van der Waals surface area contributed by atoms with E-state index in [4.69, 9.17) is 4.98 Å². The fourth-order valence-corrected chi connectivity index (χ4v) is 5.84. The molecule has 0 spiro atoms. The maximum atomic E-state index is 13.8. The smallest absolute Gasteiger partial charge is 0.264 e. The highest BCUT2D eigenvalue weighted by atomic mass is 16.1. The number of hydrazine groups is 1. The van der Waals surface area contributed by atoms with E-state index in [9.17, 15) is 4.79 Å². The lowest BCUT2D eigenvalue weighted by Gasteiger charge is -2.25. The maximum absolute atomic E-state index is 13.8. The second-order valence-corrected chi connectivity index (χ2v) is 9.69. The van der Waals surface area contributed by atoms with Gasteiger partial charge in [0.2, 0.25) is 0 Å². The number of nitrogens with one attached hydrogen (secondary N) is 1. The number of hydrogen-bond donors (Lipinski definition) is 1. The number of fused-ring (bicyclic) bond motifs is 4. The van der Waals surface area contributed by atoms with Crippen molar-refractivity contribution in [3.05, 3.63) is 143 Å². The molecule has 5 heteroatoms. The number of nitrogens with zero attached hydrogens (tertiary/aromatic N) is 3. The second kappa shape index (κ2) is 8.00. The van der Waals surface area contributed by atoms with Crippen LogP contribution < -0.4 is 16.0 Å². The van der Waals surface area contributed by atoms with Crippen LogP contribution in [0, 0.1) is 0 Å². The highest BCUT2D eigenvalue weighted by Crippen LogP contribution is 2.39. The molecule has 0 amide bonds. The Bertz CT molecular complexity index is 2080. The minimum atomic E-state index is -0.0374. The van der Waals surface area contributed by atoms with Crippen molar-refractivity contribution in [3.63, 3.8) is 0 Å². The van der Waals surface area contributed by atoms with Crippen molar-refractivity contribution in [2.75, 3.05) is 5.01 Å². The average Bonchev–Trinajstić information content (AvgIpc) is 3.59. The van der Waals surface area contributed by atoms with E-state index in [1.54, 1.807) is 4.40 Å². The first-order chi connectivity index (χ1) is 18.8. The van der Waals surface area contributed by atoms with Crippen molar-refractivity contribution in [2.24, 2.45) is 0 Å². The van der Waals surface area contributed by atoms with Crippen LogP contribution in [0.2, 0.25) is 0 Å². The fraction of sp³-hybridized carbons (Fsp3) is 0.0303. The van der Waals surface area contributed by atoms with E-state index in [1.165, 1.54) is 5.56 Å². The summed E-state index contributed by atoms with van der Waals surface area (Å²) in [5.41, 5.74) is 10.4. The lowest BCUT2D eigenvalue weighted by Crippen LogP contribution is -2.33. The van der Waals surface area contributed by atoms with Crippen molar-refractivity contribution < 1.29 is 0 Å². The summed E-state index contributed by atoms with van der Waals surface area (Å²) in [5, 5.41) is 5.82. The highest BCUT2D eigenvalue weighted by molar-refractivity contribution is 6.18. The molecule has 180 valence electrons. The molecule has 1 atom stereocenters. The van der Waals surface area contributed by atoms with Crippen molar-refractivity contribution in [2.45, 2.75) is 6.04 Å². The van der Waals surface area contributed by atoms with E-state index in [-0.39, 0.29) is 11.6 Å². The SMILES string of the molecule is O=c1c2ccc(C3=C[C@@H](c4ccccc4)NN3c3ccccc3)c3cccc(c32)c2nc3ccccc3n12. The van der Waals surface area contributed by atoms with Gasteiger partial charge in [-0.15, -0.1) is 0 Å². The summed E-state index contributed by atoms with van der Waals surface area (Å²) in [6.45, 7) is 0. The van der Waals surface area contributed by atoms with E-state index in [1.807, 2.05) is 54.6 Å². The molecule has 0 bridgehead atoms. The van der Waals surface area contributed by atoms with Gasteiger partial charge in [0.25, 0.3) is 5.56 Å². The van der Waals surface area contributed by atoms with Crippen molar-refractivity contribution in [3.8, 4) is 0 Å². The molecule has 0 saturated carbocycles. The lowest BCUT2D eigenvalue weighted by atomic mass is 9.95. The van der Waals surface area contributed by atoms with Crippen molar-refractivity contribution in [1.29, 1.82) is 0 Å². The Kier molecular flexibility index (Phi) is 4.45. The zero-order valence-electron chi connectivity index (χ0n) is 20.4. The molecule has 8 rings (SSSR count). The lowest BCUT2D eigenvalue weighted by molar-refractivity contribution is 0.674. The molecule has 5 aromatic carbocycles. The highest BCUT2D eigenvalue weighted by Gasteiger charge is 2.28. The molecule has 38 heavy (non-hydrogen) atoms. The van der Waals surface area contributed by atoms with E-state index >= 15 is 0 Å². The Morgan fingerprint density at radius 2 is 1.42 bits per heavy atom. The van der Waals surface area contributed by atoms with Gasteiger partial charge in [0, 0.05) is 21.7 Å². The predicted molar refractivity (Wildman–Crippen MR) is 154 cm³/mol. The monoisotopic (exact) mass is 490 g/mol. The molecule has 0 radical (unpaired) electrons. The first-order valence-corrected chi connectivity index (χ1v) is 12.7. The molecule has 1 N–H and O–H groups in total. The van der Waals surface area contributed by atoms with Crippen molar-refractivity contribution >= 4 is 49.6 Å². The van der Waals surface area contributed by atoms with E-state index in [2.05, 4.69) is 77.2 Å². The molecule has 0 saturated heterocycles. The maximum Gasteiger partial charge on any atom is 0.264 e. The molecule has 1 aliphatic rings. The number of hydrogen-bond acceptors (Lipinski definition) is 4. The van der Waals surface area contributed by atoms with Gasteiger partial charge in [0.1, 0.15) is 5.65 Å². The van der Waals surface area contributed by atoms with Crippen LogP contribution in [0.4, 0.5) is 5.69 Å². The third-order valence-corrected chi connectivity index (χ3v) is 7.56. The molecule has 0 aliphatic carbocycles. The Hall–Kier alpha value is -5.00. The zero-order chi connectivity index (χ0) is 25.2. The topological polar surface area (TPSA) is 49.6 Å². The summed E-state index contributed by atoms with van der Waals surface area (Å²) in [4.78, 5) is 18.7. The molecule has 1 aliphatic heterocycles. The van der Waals surface area contributed by atoms with Crippen LogP contribution in [-0.4, -0.2) is 9.38 Å². The average molecular weight is 491 g/mol. The van der Waals surface area contributed by atoms with Gasteiger partial charge in [-0.1, -0.05) is 84.9 Å². The predicted octanol–water partition coefficient (Wildman–Crippen LogP) is 6.70. The Labute approximate surface area is 218 Å². The van der Waals surface area contributed by atoms with Crippen LogP contribution in [-0.2, 0) is 0 Å². The molecular weight excluding hydrogens is 468 g/mol. The zero-order valence-corrected chi connectivity index (χ0v) is 20.4. The molecule has 7 aromatic rings. The van der Waals surface area contributed by atoms with E-state index in [0.29, 0.717) is 11.0 Å². The van der Waals surface area contributed by atoms with Gasteiger partial charge in [-0.25, -0.2) is 10.4 Å². The van der Waals surface area contributed by atoms with Gasteiger partial charge in [0.15, 0.2) is 0 Å². The van der Waals surface area contributed by atoms with Crippen LogP contribution in [0.1, 0.15) is 17.2 Å². The summed E-state index contributed by atoms with van der Waals surface area (Å²) in [6.07, 6.45) is 2.27. The Balaban J connectivity index is 1.42. The summed E-state index contributed by atoms with van der Waals surface area (Å²) in [7, 11) is 0. The van der Waals surface area contributed by atoms with Crippen molar-refractivity contribution in [1.82, 2.24) is 14.8 Å². The number of imidazole rings is 1. The molecule has 0 unspecified atom stereocenters. The number of aromatic nitrogens is 2. The van der Waals surface area contributed by atoms with Crippen LogP contribution in [0.5, 0.6) is 0 Å². The number of para-hydroxylation sites is 3. The molecule has 5 nitrogen and oxygen atoms in total. The van der Waals surface area contributed by atoms with Crippen LogP contribution in [0.15, 0.2) is 126 Å². The number of rotatable bonds is 3. The second-order valence-electron chi connectivity index (χ2n) is 9.69. The first kappa shape index (κ1) is 21.1. The quantitative estimate of drug-likeness (QED) is 0.300. The molecule has 0 fully saturated rings. The molecule has 3 heterocycles. The number of benzene rings is 5. The van der Waals surface area contributed by atoms with Crippen LogP contribution in [0.3, 0.4) is 0 Å². The van der Waals surface area contributed by atoms with Gasteiger partial charge in [0.05, 0.1) is 28.5 Å². The van der Waals surface area contributed by atoms with Crippen LogP contribution >= 0.6 is 0 Å². The Morgan fingerprint density at radius 1 is 0.684 bits per heavy atom. The third kappa shape index (κ3) is 2.97. The Morgan fingerprint density at radius 3 is 2.26 bits per heavy atom. The normalized spacial score (nSPS) is 15.7. The van der Waals surface area contributed by atoms with E-state index < -0.39 is 0 Å². The summed E-state index contributed by atoms with van der Waals surface area (Å²) in [5.74, 6) is 0.